The summed E-state index contributed by atoms with van der Waals surface area (Å²) in [7, 11) is 1.59. The molecule has 0 aliphatic rings. The van der Waals surface area contributed by atoms with Gasteiger partial charge in [-0.15, -0.1) is 0 Å². The van der Waals surface area contributed by atoms with Crippen LogP contribution in [0.4, 0.5) is 0 Å². The molecule has 0 aliphatic heterocycles. The van der Waals surface area contributed by atoms with E-state index in [1.165, 1.54) is 0 Å². The van der Waals surface area contributed by atoms with E-state index in [2.05, 4.69) is 15.3 Å². The van der Waals surface area contributed by atoms with E-state index in [-0.39, 0.29) is 6.54 Å². The van der Waals surface area contributed by atoms with Gasteiger partial charge in [0.25, 0.3) is 0 Å². The van der Waals surface area contributed by atoms with Crippen molar-refractivity contribution in [3.8, 4) is 0 Å². The highest BCUT2D eigenvalue weighted by molar-refractivity contribution is 5.68. The molecule has 5 nitrogen and oxygen atoms in total. The Morgan fingerprint density at radius 3 is 2.29 bits per heavy atom. The van der Waals surface area contributed by atoms with Crippen molar-refractivity contribution in [2.24, 2.45) is 0 Å². The number of likely N-dealkylation sites (N-methyl/N-ethyl adjacent to an activating group) is 1. The number of aromatic nitrogens is 2. The van der Waals surface area contributed by atoms with Crippen molar-refractivity contribution in [2.75, 3.05) is 13.6 Å². The van der Waals surface area contributed by atoms with Crippen LogP contribution in [0.2, 0.25) is 0 Å². The largest absolute Gasteiger partial charge is 0.480 e. The maximum atomic E-state index is 9.54. The Labute approximate surface area is 84.6 Å². The van der Waals surface area contributed by atoms with E-state index in [9.17, 15) is 4.79 Å². The molecule has 0 aromatic carbocycles. The number of H-pyrrole nitrogens is 1. The summed E-state index contributed by atoms with van der Waals surface area (Å²) < 4.78 is 0. The molecule has 1 heterocycles. The third-order valence-electron chi connectivity index (χ3n) is 0.963. The average molecular weight is 201 g/mol. The van der Waals surface area contributed by atoms with E-state index in [1.807, 2.05) is 20.8 Å². The van der Waals surface area contributed by atoms with Crippen LogP contribution in [-0.4, -0.2) is 34.6 Å². The van der Waals surface area contributed by atoms with Crippen molar-refractivity contribution in [3.05, 3.63) is 18.2 Å². The summed E-state index contributed by atoms with van der Waals surface area (Å²) in [6, 6.07) is 0. The zero-order valence-electron chi connectivity index (χ0n) is 9.16. The molecule has 0 saturated carbocycles. The zero-order valence-corrected chi connectivity index (χ0v) is 9.16. The standard InChI is InChI=1S/C4H6N2.C3H7NO2.C2H6/c1-4-2-5-3-6-4;1-4-2-3(5)6;1-2/h2-3H,1H3,(H,5,6);4H,2H2,1H3,(H,5,6);1-2H3. The van der Waals surface area contributed by atoms with Gasteiger partial charge in [0.2, 0.25) is 0 Å². The van der Waals surface area contributed by atoms with Crippen molar-refractivity contribution in [3.63, 3.8) is 0 Å². The second-order valence-electron chi connectivity index (χ2n) is 2.16. The molecule has 0 spiro atoms. The molecule has 14 heavy (non-hydrogen) atoms. The van der Waals surface area contributed by atoms with Crippen molar-refractivity contribution < 1.29 is 9.90 Å². The molecule has 0 amide bonds. The maximum absolute atomic E-state index is 9.54. The van der Waals surface area contributed by atoms with E-state index >= 15 is 0 Å². The molecule has 0 atom stereocenters. The topological polar surface area (TPSA) is 78.0 Å². The quantitative estimate of drug-likeness (QED) is 0.668. The second-order valence-corrected chi connectivity index (χ2v) is 2.16. The molecule has 0 unspecified atom stereocenters. The van der Waals surface area contributed by atoms with Crippen molar-refractivity contribution in [1.29, 1.82) is 0 Å². The molecule has 0 fully saturated rings. The lowest BCUT2D eigenvalue weighted by Gasteiger charge is -1.84. The number of carbonyl (C=O) groups is 1. The highest BCUT2D eigenvalue weighted by atomic mass is 16.4. The molecule has 0 saturated heterocycles. The van der Waals surface area contributed by atoms with Crippen molar-refractivity contribution in [2.45, 2.75) is 20.8 Å². The fraction of sp³-hybridized carbons (Fsp3) is 0.556. The number of nitrogens with zero attached hydrogens (tertiary/aromatic N) is 1. The van der Waals surface area contributed by atoms with Crippen LogP contribution in [0.15, 0.2) is 12.5 Å². The van der Waals surface area contributed by atoms with Gasteiger partial charge in [0, 0.05) is 11.9 Å². The summed E-state index contributed by atoms with van der Waals surface area (Å²) in [5.41, 5.74) is 1.11. The van der Waals surface area contributed by atoms with Crippen molar-refractivity contribution >= 4 is 5.97 Å². The number of aryl methyl sites for hydroxylation is 1. The molecule has 1 rings (SSSR count). The minimum absolute atomic E-state index is 0.0417. The summed E-state index contributed by atoms with van der Waals surface area (Å²) in [5, 5.41) is 10.3. The number of nitrogens with one attached hydrogen (secondary N) is 2. The fourth-order valence-electron chi connectivity index (χ4n) is 0.477. The summed E-state index contributed by atoms with van der Waals surface area (Å²) in [6.45, 7) is 6.01. The zero-order chi connectivity index (χ0) is 11.4. The minimum atomic E-state index is -0.822. The van der Waals surface area contributed by atoms with Crippen LogP contribution < -0.4 is 5.32 Å². The van der Waals surface area contributed by atoms with Crippen LogP contribution >= 0.6 is 0 Å². The van der Waals surface area contributed by atoms with E-state index in [0.29, 0.717) is 0 Å². The predicted octanol–water partition coefficient (Wildman–Crippen LogP) is 1.03. The monoisotopic (exact) mass is 201 g/mol. The first-order chi connectivity index (χ1) is 6.66. The predicted molar refractivity (Wildman–Crippen MR) is 56.2 cm³/mol. The summed E-state index contributed by atoms with van der Waals surface area (Å²) in [6.07, 6.45) is 3.44. The molecule has 1 aromatic rings. The first-order valence-electron chi connectivity index (χ1n) is 4.48. The molecule has 5 heteroatoms. The summed E-state index contributed by atoms with van der Waals surface area (Å²) in [4.78, 5) is 16.2. The first-order valence-corrected chi connectivity index (χ1v) is 4.48. The first kappa shape index (κ1) is 15.1. The normalized spacial score (nSPS) is 7.71. The van der Waals surface area contributed by atoms with E-state index in [0.717, 1.165) is 5.69 Å². The number of aliphatic carboxylic acids is 1. The van der Waals surface area contributed by atoms with Gasteiger partial charge < -0.3 is 15.4 Å². The lowest BCUT2D eigenvalue weighted by Crippen LogP contribution is -2.16. The number of carboxylic acid groups (broad SMARTS) is 1. The number of hydrogen-bond donors (Lipinski definition) is 3. The Morgan fingerprint density at radius 2 is 2.21 bits per heavy atom. The lowest BCUT2D eigenvalue weighted by atomic mass is 10.6. The van der Waals surface area contributed by atoms with Gasteiger partial charge in [-0.1, -0.05) is 13.8 Å². The lowest BCUT2D eigenvalue weighted by molar-refractivity contribution is -0.135. The number of imidazole rings is 1. The maximum Gasteiger partial charge on any atom is 0.317 e. The van der Waals surface area contributed by atoms with Gasteiger partial charge in [0.05, 0.1) is 12.9 Å². The highest BCUT2D eigenvalue weighted by Crippen LogP contribution is 1.81. The van der Waals surface area contributed by atoms with Crippen LogP contribution in [0, 0.1) is 6.92 Å². The van der Waals surface area contributed by atoms with E-state index in [1.54, 1.807) is 19.6 Å². The molecule has 3 N–H and O–H groups in total. The van der Waals surface area contributed by atoms with E-state index < -0.39 is 5.97 Å². The average Bonchev–Trinajstić information content (AvgIpc) is 2.60. The Hall–Kier alpha value is -1.36. The fourth-order valence-corrected chi connectivity index (χ4v) is 0.477. The van der Waals surface area contributed by atoms with Crippen LogP contribution in [0.3, 0.4) is 0 Å². The van der Waals surface area contributed by atoms with Crippen LogP contribution in [0.5, 0.6) is 0 Å². The highest BCUT2D eigenvalue weighted by Gasteiger charge is 1.86. The van der Waals surface area contributed by atoms with Crippen molar-refractivity contribution in [1.82, 2.24) is 15.3 Å². The third kappa shape index (κ3) is 13.2. The van der Waals surface area contributed by atoms with Gasteiger partial charge in [-0.3, -0.25) is 4.79 Å². The Bertz CT molecular complexity index is 210. The molecular weight excluding hydrogens is 182 g/mol. The Morgan fingerprint density at radius 1 is 1.64 bits per heavy atom. The van der Waals surface area contributed by atoms with Gasteiger partial charge >= 0.3 is 5.97 Å². The summed E-state index contributed by atoms with van der Waals surface area (Å²) in [5.74, 6) is -0.822. The summed E-state index contributed by atoms with van der Waals surface area (Å²) >= 11 is 0. The molecule has 1 aromatic heterocycles. The van der Waals surface area contributed by atoms with Gasteiger partial charge in [-0.05, 0) is 14.0 Å². The SMILES string of the molecule is CC.CNCC(=O)O.Cc1cnc[nH]1. The van der Waals surface area contributed by atoms with Crippen LogP contribution in [0.25, 0.3) is 0 Å². The smallest absolute Gasteiger partial charge is 0.317 e. The van der Waals surface area contributed by atoms with Gasteiger partial charge in [0.1, 0.15) is 0 Å². The second kappa shape index (κ2) is 11.6. The third-order valence-corrected chi connectivity index (χ3v) is 0.963. The Balaban J connectivity index is 0. The van der Waals surface area contributed by atoms with Crippen LogP contribution in [0.1, 0.15) is 19.5 Å². The number of aromatic amines is 1. The molecule has 0 bridgehead atoms. The van der Waals surface area contributed by atoms with Gasteiger partial charge in [-0.2, -0.15) is 0 Å². The van der Waals surface area contributed by atoms with Gasteiger partial charge in [-0.25, -0.2) is 4.98 Å². The Kier molecular flexibility index (Phi) is 12.6. The molecule has 82 valence electrons. The minimum Gasteiger partial charge on any atom is -0.480 e. The number of carboxylic acids is 1. The molecular formula is C9H19N3O2. The van der Waals surface area contributed by atoms with Gasteiger partial charge in [0.15, 0.2) is 0 Å². The number of hydrogen-bond acceptors (Lipinski definition) is 3. The molecule has 0 aliphatic carbocycles. The molecule has 0 radical (unpaired) electrons. The van der Waals surface area contributed by atoms with Crippen LogP contribution in [-0.2, 0) is 4.79 Å². The van der Waals surface area contributed by atoms with E-state index in [4.69, 9.17) is 5.11 Å². The number of rotatable bonds is 2.